The first-order valence-corrected chi connectivity index (χ1v) is 11.2. The number of nitrogens with zero attached hydrogens (tertiary/aromatic N) is 2. The van der Waals surface area contributed by atoms with Crippen molar-refractivity contribution in [3.8, 4) is 11.5 Å². The summed E-state index contributed by atoms with van der Waals surface area (Å²) in [6, 6.07) is 13.4. The van der Waals surface area contributed by atoms with Crippen LogP contribution >= 0.6 is 0 Å². The van der Waals surface area contributed by atoms with Crippen molar-refractivity contribution in [2.45, 2.75) is 26.3 Å². The van der Waals surface area contributed by atoms with Crippen LogP contribution in [0.5, 0.6) is 11.5 Å². The Morgan fingerprint density at radius 1 is 1.00 bits per heavy atom. The standard InChI is InChI=1S/C26H32N2O5/c1-5-27(6-2)14-9-15-28-23(18-10-7-12-20(16-18)32-3)22(25(30)26(28)31)24(29)19-11-8-13-21(17-19)33-4/h7-8,10-13,16-17,23,29H,5-6,9,14-15H2,1-4H3/t23-/m1/s1. The summed E-state index contributed by atoms with van der Waals surface area (Å²) in [5, 5.41) is 11.2. The average molecular weight is 453 g/mol. The Bertz CT molecular complexity index is 1030. The molecule has 1 aliphatic rings. The summed E-state index contributed by atoms with van der Waals surface area (Å²) in [5.74, 6) is -0.350. The van der Waals surface area contributed by atoms with E-state index in [4.69, 9.17) is 9.47 Å². The fraction of sp³-hybridized carbons (Fsp3) is 0.385. The lowest BCUT2D eigenvalue weighted by atomic mass is 9.95. The molecule has 1 N–H and O–H groups in total. The largest absolute Gasteiger partial charge is 0.507 e. The molecule has 0 spiro atoms. The monoisotopic (exact) mass is 452 g/mol. The highest BCUT2D eigenvalue weighted by Gasteiger charge is 2.45. The third-order valence-corrected chi connectivity index (χ3v) is 6.06. The van der Waals surface area contributed by atoms with Crippen molar-refractivity contribution in [2.75, 3.05) is 40.4 Å². The Morgan fingerprint density at radius 2 is 1.64 bits per heavy atom. The van der Waals surface area contributed by atoms with Crippen LogP contribution in [0.2, 0.25) is 0 Å². The van der Waals surface area contributed by atoms with Gasteiger partial charge in [-0.05, 0) is 55.9 Å². The zero-order valence-corrected chi connectivity index (χ0v) is 19.7. The first kappa shape index (κ1) is 24.3. The summed E-state index contributed by atoms with van der Waals surface area (Å²) in [5.41, 5.74) is 1.20. The molecule has 0 bridgehead atoms. The second kappa shape index (κ2) is 11.0. The molecule has 0 aliphatic carbocycles. The first-order valence-electron chi connectivity index (χ1n) is 11.2. The van der Waals surface area contributed by atoms with Crippen molar-refractivity contribution < 1.29 is 24.2 Å². The molecule has 0 aromatic heterocycles. The van der Waals surface area contributed by atoms with E-state index in [-0.39, 0.29) is 11.3 Å². The lowest BCUT2D eigenvalue weighted by Crippen LogP contribution is -2.33. The summed E-state index contributed by atoms with van der Waals surface area (Å²) >= 11 is 0. The number of benzene rings is 2. The molecule has 7 heteroatoms. The number of hydrogen-bond donors (Lipinski definition) is 1. The summed E-state index contributed by atoms with van der Waals surface area (Å²) in [6.45, 7) is 7.25. The smallest absolute Gasteiger partial charge is 0.295 e. The molecular formula is C26H32N2O5. The number of ether oxygens (including phenoxy) is 2. The number of rotatable bonds is 10. The number of aliphatic hydroxyl groups excluding tert-OH is 1. The third kappa shape index (κ3) is 5.20. The number of hydrogen-bond acceptors (Lipinski definition) is 6. The molecule has 0 radical (unpaired) electrons. The molecule has 2 aromatic carbocycles. The zero-order valence-electron chi connectivity index (χ0n) is 19.7. The number of carbonyl (C=O) groups is 2. The highest BCUT2D eigenvalue weighted by molar-refractivity contribution is 6.46. The van der Waals surface area contributed by atoms with Crippen LogP contribution in [0.4, 0.5) is 0 Å². The Balaban J connectivity index is 2.06. The van der Waals surface area contributed by atoms with Gasteiger partial charge in [-0.1, -0.05) is 38.1 Å². The number of likely N-dealkylation sites (tertiary alicyclic amines) is 1. The van der Waals surface area contributed by atoms with Crippen LogP contribution in [-0.4, -0.2) is 67.0 Å². The molecule has 0 saturated carbocycles. The summed E-state index contributed by atoms with van der Waals surface area (Å²) in [7, 11) is 3.10. The van der Waals surface area contributed by atoms with Crippen LogP contribution in [-0.2, 0) is 9.59 Å². The number of ketones is 1. The van der Waals surface area contributed by atoms with E-state index in [1.54, 1.807) is 48.4 Å². The van der Waals surface area contributed by atoms with Crippen molar-refractivity contribution in [2.24, 2.45) is 0 Å². The van der Waals surface area contributed by atoms with Crippen LogP contribution in [0.15, 0.2) is 54.1 Å². The maximum absolute atomic E-state index is 13.2. The average Bonchev–Trinajstić information content (AvgIpc) is 3.11. The van der Waals surface area contributed by atoms with Gasteiger partial charge in [-0.3, -0.25) is 9.59 Å². The fourth-order valence-corrected chi connectivity index (χ4v) is 4.20. The molecule has 2 aromatic rings. The van der Waals surface area contributed by atoms with Gasteiger partial charge in [0.15, 0.2) is 0 Å². The van der Waals surface area contributed by atoms with Crippen LogP contribution in [0.1, 0.15) is 37.4 Å². The van der Waals surface area contributed by atoms with E-state index in [1.807, 2.05) is 12.1 Å². The molecule has 1 aliphatic heterocycles. The first-order chi connectivity index (χ1) is 15.9. The van der Waals surface area contributed by atoms with E-state index in [9.17, 15) is 14.7 Å². The maximum atomic E-state index is 13.2. The fourth-order valence-electron chi connectivity index (χ4n) is 4.20. The minimum atomic E-state index is -0.706. The van der Waals surface area contributed by atoms with Crippen LogP contribution in [0.3, 0.4) is 0 Å². The van der Waals surface area contributed by atoms with Crippen molar-refractivity contribution in [1.82, 2.24) is 9.80 Å². The van der Waals surface area contributed by atoms with Crippen molar-refractivity contribution >= 4 is 17.4 Å². The zero-order chi connectivity index (χ0) is 24.0. The third-order valence-electron chi connectivity index (χ3n) is 6.06. The second-order valence-electron chi connectivity index (χ2n) is 7.88. The molecule has 1 atom stereocenters. The van der Waals surface area contributed by atoms with Crippen LogP contribution < -0.4 is 9.47 Å². The van der Waals surface area contributed by atoms with Crippen molar-refractivity contribution in [3.05, 3.63) is 65.2 Å². The van der Waals surface area contributed by atoms with E-state index in [0.717, 1.165) is 19.6 Å². The maximum Gasteiger partial charge on any atom is 0.295 e. The number of carbonyl (C=O) groups excluding carboxylic acids is 2. The molecule has 3 rings (SSSR count). The summed E-state index contributed by atoms with van der Waals surface area (Å²) in [6.07, 6.45) is 0.717. The van der Waals surface area contributed by atoms with Crippen LogP contribution in [0, 0.1) is 0 Å². The SMILES string of the molecule is CCN(CC)CCCN1C(=O)C(=O)C(=C(O)c2cccc(OC)c2)[C@H]1c1cccc(OC)c1. The van der Waals surface area contributed by atoms with Crippen molar-refractivity contribution in [1.29, 1.82) is 0 Å². The normalized spacial score (nSPS) is 17.6. The minimum absolute atomic E-state index is 0.0735. The van der Waals surface area contributed by atoms with Gasteiger partial charge in [0.05, 0.1) is 25.8 Å². The van der Waals surface area contributed by atoms with Gasteiger partial charge in [0, 0.05) is 12.1 Å². The van der Waals surface area contributed by atoms with Gasteiger partial charge >= 0.3 is 0 Å². The molecule has 1 heterocycles. The van der Waals surface area contributed by atoms with E-state index in [2.05, 4.69) is 18.7 Å². The Morgan fingerprint density at radius 3 is 2.27 bits per heavy atom. The van der Waals surface area contributed by atoms with Gasteiger partial charge in [0.1, 0.15) is 17.3 Å². The predicted octanol–water partition coefficient (Wildman–Crippen LogP) is 3.86. The van der Waals surface area contributed by atoms with Gasteiger partial charge in [0.25, 0.3) is 11.7 Å². The van der Waals surface area contributed by atoms with Gasteiger partial charge in [0.2, 0.25) is 0 Å². The van der Waals surface area contributed by atoms with E-state index >= 15 is 0 Å². The summed E-state index contributed by atoms with van der Waals surface area (Å²) < 4.78 is 10.6. The topological polar surface area (TPSA) is 79.3 Å². The van der Waals surface area contributed by atoms with Crippen LogP contribution in [0.25, 0.3) is 5.76 Å². The molecule has 33 heavy (non-hydrogen) atoms. The number of methoxy groups -OCH3 is 2. The Kier molecular flexibility index (Phi) is 8.11. The number of amides is 1. The lowest BCUT2D eigenvalue weighted by molar-refractivity contribution is -0.140. The van der Waals surface area contributed by atoms with Gasteiger partial charge in [-0.25, -0.2) is 0 Å². The van der Waals surface area contributed by atoms with Gasteiger partial charge in [-0.15, -0.1) is 0 Å². The van der Waals surface area contributed by atoms with Gasteiger partial charge < -0.3 is 24.4 Å². The molecule has 1 amide bonds. The molecule has 176 valence electrons. The van der Waals surface area contributed by atoms with E-state index in [0.29, 0.717) is 35.6 Å². The molecule has 1 saturated heterocycles. The molecular weight excluding hydrogens is 420 g/mol. The lowest BCUT2D eigenvalue weighted by Gasteiger charge is -2.27. The summed E-state index contributed by atoms with van der Waals surface area (Å²) in [4.78, 5) is 30.1. The Hall–Kier alpha value is -3.32. The van der Waals surface area contributed by atoms with E-state index in [1.165, 1.54) is 7.11 Å². The van der Waals surface area contributed by atoms with E-state index < -0.39 is 17.7 Å². The predicted molar refractivity (Wildman–Crippen MR) is 127 cm³/mol. The number of Topliss-reactive ketones (excluding diaryl/α,β-unsaturated/α-hetero) is 1. The second-order valence-corrected chi connectivity index (χ2v) is 7.88. The molecule has 0 unspecified atom stereocenters. The molecule has 1 fully saturated rings. The minimum Gasteiger partial charge on any atom is -0.507 e. The van der Waals surface area contributed by atoms with Crippen molar-refractivity contribution in [3.63, 3.8) is 0 Å². The number of aliphatic hydroxyl groups is 1. The Labute approximate surface area is 195 Å². The quantitative estimate of drug-likeness (QED) is 0.335. The highest BCUT2D eigenvalue weighted by Crippen LogP contribution is 2.40. The van der Waals surface area contributed by atoms with Gasteiger partial charge in [-0.2, -0.15) is 0 Å². The molecule has 7 nitrogen and oxygen atoms in total. The highest BCUT2D eigenvalue weighted by atomic mass is 16.5.